The smallest absolute Gasteiger partial charge is 0.361 e. The van der Waals surface area contributed by atoms with Crippen LogP contribution >= 0.6 is 0 Å². The van der Waals surface area contributed by atoms with E-state index < -0.39 is 12.1 Å². The molecule has 0 saturated carbocycles. The van der Waals surface area contributed by atoms with E-state index in [1.165, 1.54) is 0 Å². The highest BCUT2D eigenvalue weighted by Gasteiger charge is 2.21. The van der Waals surface area contributed by atoms with Crippen LogP contribution in [0.2, 0.25) is 0 Å². The lowest BCUT2D eigenvalue weighted by molar-refractivity contribution is 0.0331. The lowest BCUT2D eigenvalue weighted by atomic mass is 10.1. The van der Waals surface area contributed by atoms with Gasteiger partial charge in [-0.2, -0.15) is 15.6 Å². The van der Waals surface area contributed by atoms with Gasteiger partial charge in [-0.05, 0) is 24.6 Å². The summed E-state index contributed by atoms with van der Waals surface area (Å²) in [4.78, 5) is 12.4. The lowest BCUT2D eigenvalue weighted by Gasteiger charge is -2.13. The van der Waals surface area contributed by atoms with E-state index in [-0.39, 0.29) is 5.69 Å². The van der Waals surface area contributed by atoms with Crippen LogP contribution in [0.5, 0.6) is 0 Å². The molecule has 1 heterocycles. The molecule has 0 fully saturated rings. The highest BCUT2D eigenvalue weighted by atomic mass is 16.5. The van der Waals surface area contributed by atoms with Crippen molar-refractivity contribution in [2.45, 2.75) is 13.0 Å². The van der Waals surface area contributed by atoms with Crippen LogP contribution < -0.4 is 0 Å². The number of nitriles is 1. The quantitative estimate of drug-likeness (QED) is 0.745. The molecule has 118 valence electrons. The van der Waals surface area contributed by atoms with Crippen molar-refractivity contribution < 1.29 is 9.53 Å². The van der Waals surface area contributed by atoms with E-state index in [0.717, 1.165) is 11.1 Å². The maximum Gasteiger partial charge on any atom is 0.361 e. The minimum Gasteiger partial charge on any atom is -0.453 e. The maximum absolute atomic E-state index is 12.4. The molecule has 0 aliphatic rings. The molecule has 0 bridgehead atoms. The molecule has 0 saturated heterocycles. The lowest BCUT2D eigenvalue weighted by Crippen LogP contribution is -2.11. The van der Waals surface area contributed by atoms with Crippen molar-refractivity contribution >= 4 is 5.97 Å². The molecule has 0 aliphatic heterocycles. The van der Waals surface area contributed by atoms with Gasteiger partial charge in [0, 0.05) is 5.56 Å². The fraction of sp³-hybridized carbons (Fsp3) is 0.111. The van der Waals surface area contributed by atoms with Crippen LogP contribution in [0.15, 0.2) is 54.6 Å². The Kier molecular flexibility index (Phi) is 4.34. The summed E-state index contributed by atoms with van der Waals surface area (Å²) >= 11 is 0. The van der Waals surface area contributed by atoms with Crippen LogP contribution in [0.1, 0.15) is 34.6 Å². The number of esters is 1. The zero-order valence-electron chi connectivity index (χ0n) is 12.9. The summed E-state index contributed by atoms with van der Waals surface area (Å²) in [6.45, 7) is 1.77. The second kappa shape index (κ2) is 6.75. The molecule has 3 rings (SSSR count). The second-order valence-electron chi connectivity index (χ2n) is 5.17. The molecule has 0 aliphatic carbocycles. The zero-order valence-corrected chi connectivity index (χ0v) is 12.9. The summed E-state index contributed by atoms with van der Waals surface area (Å²) in [6.07, 6.45) is -0.467. The number of hydrogen-bond donors (Lipinski definition) is 1. The van der Waals surface area contributed by atoms with Gasteiger partial charge < -0.3 is 4.74 Å². The third-order valence-electron chi connectivity index (χ3n) is 3.58. The molecule has 1 aromatic heterocycles. The molecule has 0 spiro atoms. The van der Waals surface area contributed by atoms with Gasteiger partial charge in [0.15, 0.2) is 5.69 Å². The molecule has 6 nitrogen and oxygen atoms in total. The first-order valence-corrected chi connectivity index (χ1v) is 7.36. The van der Waals surface area contributed by atoms with Gasteiger partial charge >= 0.3 is 5.97 Å². The number of carbonyl (C=O) groups excluding carboxylic acids is 1. The van der Waals surface area contributed by atoms with Gasteiger partial charge in [-0.1, -0.05) is 42.5 Å². The normalized spacial score (nSPS) is 11.5. The van der Waals surface area contributed by atoms with E-state index in [2.05, 4.69) is 21.5 Å². The van der Waals surface area contributed by atoms with E-state index in [0.29, 0.717) is 11.3 Å². The number of benzene rings is 2. The van der Waals surface area contributed by atoms with Crippen molar-refractivity contribution in [2.75, 3.05) is 0 Å². The predicted octanol–water partition coefficient (Wildman–Crippen LogP) is 3.26. The molecular weight excluding hydrogens is 304 g/mol. The largest absolute Gasteiger partial charge is 0.453 e. The molecule has 1 N–H and O–H groups in total. The van der Waals surface area contributed by atoms with Gasteiger partial charge in [-0.3, -0.25) is 0 Å². The second-order valence-corrected chi connectivity index (χ2v) is 5.17. The standard InChI is InChI=1S/C18H14N4O2/c1-12(14-9-7-13(11-19)8-10-14)24-18(23)17-16(20-22-21-17)15-5-3-2-4-6-15/h2-10,12H,1H3,(H,20,21,22). The fourth-order valence-corrected chi connectivity index (χ4v) is 2.28. The average Bonchev–Trinajstić information content (AvgIpc) is 3.12. The third-order valence-corrected chi connectivity index (χ3v) is 3.58. The van der Waals surface area contributed by atoms with Gasteiger partial charge in [-0.25, -0.2) is 4.79 Å². The van der Waals surface area contributed by atoms with E-state index in [9.17, 15) is 4.79 Å². The number of nitrogens with one attached hydrogen (secondary N) is 1. The van der Waals surface area contributed by atoms with Crippen molar-refractivity contribution in [3.05, 3.63) is 71.4 Å². The Morgan fingerprint density at radius 3 is 2.50 bits per heavy atom. The summed E-state index contributed by atoms with van der Waals surface area (Å²) in [5.41, 5.74) is 2.73. The summed E-state index contributed by atoms with van der Waals surface area (Å²) in [5, 5.41) is 19.2. The minimum absolute atomic E-state index is 0.140. The van der Waals surface area contributed by atoms with Crippen LogP contribution in [-0.4, -0.2) is 21.4 Å². The summed E-state index contributed by atoms with van der Waals surface area (Å²) in [6, 6.07) is 18.2. The first kappa shape index (κ1) is 15.4. The van der Waals surface area contributed by atoms with E-state index in [1.807, 2.05) is 30.3 Å². The van der Waals surface area contributed by atoms with Gasteiger partial charge in [0.1, 0.15) is 11.8 Å². The highest BCUT2D eigenvalue weighted by molar-refractivity contribution is 5.94. The molecule has 1 unspecified atom stereocenters. The number of hydrogen-bond acceptors (Lipinski definition) is 5. The molecular formula is C18H14N4O2. The van der Waals surface area contributed by atoms with Gasteiger partial charge in [-0.15, -0.1) is 5.10 Å². The van der Waals surface area contributed by atoms with Gasteiger partial charge in [0.25, 0.3) is 0 Å². The Hall–Kier alpha value is -3.46. The van der Waals surface area contributed by atoms with Crippen molar-refractivity contribution in [3.8, 4) is 17.3 Å². The summed E-state index contributed by atoms with van der Waals surface area (Å²) in [7, 11) is 0. The van der Waals surface area contributed by atoms with Gasteiger partial charge in [0.05, 0.1) is 11.6 Å². The average molecular weight is 318 g/mol. The monoisotopic (exact) mass is 318 g/mol. The first-order chi connectivity index (χ1) is 11.7. The maximum atomic E-state index is 12.4. The van der Waals surface area contributed by atoms with Crippen molar-refractivity contribution in [1.29, 1.82) is 5.26 Å². The predicted molar refractivity (Wildman–Crippen MR) is 86.8 cm³/mol. The summed E-state index contributed by atoms with van der Waals surface area (Å²) < 4.78 is 5.47. The number of rotatable bonds is 4. The summed E-state index contributed by atoms with van der Waals surface area (Å²) in [5.74, 6) is -0.556. The Morgan fingerprint density at radius 2 is 1.83 bits per heavy atom. The van der Waals surface area contributed by atoms with E-state index >= 15 is 0 Å². The Labute approximate surface area is 138 Å². The van der Waals surface area contributed by atoms with Crippen LogP contribution in [0.25, 0.3) is 11.3 Å². The number of nitrogens with zero attached hydrogens (tertiary/aromatic N) is 3. The number of aromatic amines is 1. The van der Waals surface area contributed by atoms with Crippen molar-refractivity contribution in [2.24, 2.45) is 0 Å². The molecule has 6 heteroatoms. The number of H-pyrrole nitrogens is 1. The van der Waals surface area contributed by atoms with Crippen LogP contribution in [-0.2, 0) is 4.74 Å². The molecule has 2 aromatic carbocycles. The molecule has 1 atom stereocenters. The van der Waals surface area contributed by atoms with Crippen LogP contribution in [0, 0.1) is 11.3 Å². The molecule has 3 aromatic rings. The fourth-order valence-electron chi connectivity index (χ4n) is 2.28. The molecule has 0 amide bonds. The highest BCUT2D eigenvalue weighted by Crippen LogP contribution is 2.23. The topological polar surface area (TPSA) is 91.7 Å². The molecule has 24 heavy (non-hydrogen) atoms. The number of ether oxygens (including phenoxy) is 1. The zero-order chi connectivity index (χ0) is 16.9. The van der Waals surface area contributed by atoms with Crippen molar-refractivity contribution in [3.63, 3.8) is 0 Å². The number of aromatic nitrogens is 3. The molecule has 0 radical (unpaired) electrons. The van der Waals surface area contributed by atoms with E-state index in [4.69, 9.17) is 10.00 Å². The Balaban J connectivity index is 1.78. The Morgan fingerprint density at radius 1 is 1.12 bits per heavy atom. The van der Waals surface area contributed by atoms with Crippen LogP contribution in [0.3, 0.4) is 0 Å². The van der Waals surface area contributed by atoms with E-state index in [1.54, 1.807) is 31.2 Å². The number of carbonyl (C=O) groups is 1. The SMILES string of the molecule is CC(OC(=O)c1n[nH]nc1-c1ccccc1)c1ccc(C#N)cc1. The Bertz CT molecular complexity index is 879. The minimum atomic E-state index is -0.556. The van der Waals surface area contributed by atoms with Gasteiger partial charge in [0.2, 0.25) is 0 Å². The first-order valence-electron chi connectivity index (χ1n) is 7.36. The third kappa shape index (κ3) is 3.15. The van der Waals surface area contributed by atoms with Crippen molar-refractivity contribution in [1.82, 2.24) is 15.4 Å². The van der Waals surface area contributed by atoms with Crippen LogP contribution in [0.4, 0.5) is 0 Å².